The second-order valence-electron chi connectivity index (χ2n) is 4.63. The van der Waals surface area contributed by atoms with Gasteiger partial charge in [-0.3, -0.25) is 4.90 Å². The number of nitrogens with zero attached hydrogens (tertiary/aromatic N) is 2. The van der Waals surface area contributed by atoms with Gasteiger partial charge in [-0.25, -0.2) is 0 Å². The van der Waals surface area contributed by atoms with E-state index >= 15 is 0 Å². The Labute approximate surface area is 102 Å². The van der Waals surface area contributed by atoms with Gasteiger partial charge in [-0.2, -0.15) is 11.3 Å². The minimum atomic E-state index is 0.405. The molecule has 1 aliphatic heterocycles. The van der Waals surface area contributed by atoms with E-state index < -0.39 is 0 Å². The Morgan fingerprint density at radius 1 is 1.56 bits per heavy atom. The zero-order chi connectivity index (χ0) is 11.5. The molecule has 3 nitrogen and oxygen atoms in total. The topological polar surface area (TPSA) is 32.5 Å². The van der Waals surface area contributed by atoms with E-state index in [9.17, 15) is 0 Å². The third-order valence-electron chi connectivity index (χ3n) is 3.58. The van der Waals surface area contributed by atoms with Crippen LogP contribution >= 0.6 is 11.3 Å². The maximum Gasteiger partial charge on any atom is 0.0479 e. The highest BCUT2D eigenvalue weighted by atomic mass is 32.1. The van der Waals surface area contributed by atoms with Crippen molar-refractivity contribution in [1.82, 2.24) is 9.80 Å². The lowest BCUT2D eigenvalue weighted by Gasteiger charge is -2.41. The molecule has 0 aliphatic carbocycles. The number of piperazine rings is 1. The summed E-state index contributed by atoms with van der Waals surface area (Å²) in [6.45, 7) is 6.38. The van der Waals surface area contributed by atoms with Crippen molar-refractivity contribution in [1.29, 1.82) is 0 Å². The van der Waals surface area contributed by atoms with E-state index in [2.05, 4.69) is 40.6 Å². The Balaban J connectivity index is 2.05. The average Bonchev–Trinajstić information content (AvgIpc) is 2.78. The first-order valence-corrected chi connectivity index (χ1v) is 6.83. The Morgan fingerprint density at radius 2 is 2.38 bits per heavy atom. The van der Waals surface area contributed by atoms with Gasteiger partial charge in [0.05, 0.1) is 0 Å². The Morgan fingerprint density at radius 3 is 2.94 bits per heavy atom. The predicted octanol–water partition coefficient (Wildman–Crippen LogP) is 1.38. The van der Waals surface area contributed by atoms with E-state index in [1.807, 2.05) is 0 Å². The summed E-state index contributed by atoms with van der Waals surface area (Å²) in [5.74, 6) is 0. The second-order valence-corrected chi connectivity index (χ2v) is 5.41. The first-order valence-electron chi connectivity index (χ1n) is 5.89. The van der Waals surface area contributed by atoms with Crippen LogP contribution < -0.4 is 5.73 Å². The molecule has 0 bridgehead atoms. The maximum absolute atomic E-state index is 5.92. The molecule has 1 fully saturated rings. The van der Waals surface area contributed by atoms with E-state index in [-0.39, 0.29) is 0 Å². The summed E-state index contributed by atoms with van der Waals surface area (Å²) in [6.07, 6.45) is 0. The monoisotopic (exact) mass is 239 g/mol. The Kier molecular flexibility index (Phi) is 3.97. The van der Waals surface area contributed by atoms with Crippen molar-refractivity contribution in [2.24, 2.45) is 5.73 Å². The van der Waals surface area contributed by atoms with Gasteiger partial charge >= 0.3 is 0 Å². The lowest BCUT2D eigenvalue weighted by Crippen LogP contribution is -2.52. The molecule has 1 aromatic heterocycles. The summed E-state index contributed by atoms with van der Waals surface area (Å²) in [6, 6.07) is 3.23. The van der Waals surface area contributed by atoms with Gasteiger partial charge < -0.3 is 10.6 Å². The van der Waals surface area contributed by atoms with Crippen LogP contribution in [0.4, 0.5) is 0 Å². The van der Waals surface area contributed by atoms with E-state index in [1.165, 1.54) is 5.56 Å². The Bertz CT molecular complexity index is 312. The van der Waals surface area contributed by atoms with Crippen molar-refractivity contribution < 1.29 is 0 Å². The first kappa shape index (κ1) is 12.0. The van der Waals surface area contributed by atoms with Crippen LogP contribution in [0.5, 0.6) is 0 Å². The molecule has 0 aromatic carbocycles. The fraction of sp³-hybridized carbons (Fsp3) is 0.667. The van der Waals surface area contributed by atoms with E-state index in [1.54, 1.807) is 11.3 Å². The third kappa shape index (κ3) is 2.46. The smallest absolute Gasteiger partial charge is 0.0479 e. The molecule has 0 radical (unpaired) electrons. The summed E-state index contributed by atoms with van der Waals surface area (Å²) in [4.78, 5) is 4.93. The summed E-state index contributed by atoms with van der Waals surface area (Å²) < 4.78 is 0. The van der Waals surface area contributed by atoms with Gasteiger partial charge in [0, 0.05) is 38.3 Å². The molecule has 0 saturated carbocycles. The van der Waals surface area contributed by atoms with Crippen molar-refractivity contribution in [2.45, 2.75) is 19.0 Å². The highest BCUT2D eigenvalue weighted by Gasteiger charge is 2.26. The molecule has 1 aromatic rings. The van der Waals surface area contributed by atoms with Gasteiger partial charge in [0.1, 0.15) is 0 Å². The minimum absolute atomic E-state index is 0.405. The van der Waals surface area contributed by atoms with E-state index in [0.717, 1.165) is 19.6 Å². The van der Waals surface area contributed by atoms with E-state index in [0.29, 0.717) is 18.6 Å². The van der Waals surface area contributed by atoms with E-state index in [4.69, 9.17) is 5.73 Å². The summed E-state index contributed by atoms with van der Waals surface area (Å²) in [5.41, 5.74) is 7.30. The van der Waals surface area contributed by atoms with Crippen molar-refractivity contribution in [3.05, 3.63) is 22.4 Å². The molecule has 2 heterocycles. The summed E-state index contributed by atoms with van der Waals surface area (Å²) in [7, 11) is 2.20. The minimum Gasteiger partial charge on any atom is -0.329 e. The van der Waals surface area contributed by atoms with Crippen LogP contribution in [0.2, 0.25) is 0 Å². The zero-order valence-electron chi connectivity index (χ0n) is 10.1. The number of thiophene rings is 1. The van der Waals surface area contributed by atoms with Crippen molar-refractivity contribution >= 4 is 11.3 Å². The number of likely N-dealkylation sites (N-methyl/N-ethyl adjacent to an activating group) is 1. The average molecular weight is 239 g/mol. The van der Waals surface area contributed by atoms with Gasteiger partial charge in [-0.15, -0.1) is 0 Å². The molecule has 4 heteroatoms. The maximum atomic E-state index is 5.92. The lowest BCUT2D eigenvalue weighted by atomic mass is 10.1. The van der Waals surface area contributed by atoms with Gasteiger partial charge in [-0.05, 0) is 36.4 Å². The van der Waals surface area contributed by atoms with Crippen LogP contribution in [-0.4, -0.2) is 49.1 Å². The molecule has 90 valence electrons. The third-order valence-corrected chi connectivity index (χ3v) is 4.28. The summed E-state index contributed by atoms with van der Waals surface area (Å²) >= 11 is 1.76. The molecule has 1 saturated heterocycles. The van der Waals surface area contributed by atoms with Crippen molar-refractivity contribution in [3.8, 4) is 0 Å². The van der Waals surface area contributed by atoms with Gasteiger partial charge in [0.15, 0.2) is 0 Å². The molecule has 16 heavy (non-hydrogen) atoms. The molecule has 2 N–H and O–H groups in total. The van der Waals surface area contributed by atoms with Crippen LogP contribution in [0.15, 0.2) is 16.8 Å². The van der Waals surface area contributed by atoms with Crippen LogP contribution in [0.25, 0.3) is 0 Å². The van der Waals surface area contributed by atoms with Crippen LogP contribution in [0.3, 0.4) is 0 Å². The van der Waals surface area contributed by atoms with Crippen molar-refractivity contribution in [3.63, 3.8) is 0 Å². The van der Waals surface area contributed by atoms with Gasteiger partial charge in [-0.1, -0.05) is 0 Å². The Hall–Kier alpha value is -0.420. The molecule has 1 aliphatic rings. The largest absolute Gasteiger partial charge is 0.329 e. The zero-order valence-corrected chi connectivity index (χ0v) is 10.9. The fourth-order valence-electron chi connectivity index (χ4n) is 2.32. The molecule has 0 spiro atoms. The normalized spacial score (nSPS) is 25.8. The van der Waals surface area contributed by atoms with Crippen LogP contribution in [0, 0.1) is 0 Å². The highest BCUT2D eigenvalue weighted by molar-refractivity contribution is 7.07. The molecule has 0 amide bonds. The molecule has 2 atom stereocenters. The summed E-state index contributed by atoms with van der Waals surface area (Å²) in [5, 5.41) is 4.36. The number of hydrogen-bond acceptors (Lipinski definition) is 4. The SMILES string of the molecule is CC1CN(C(CN)c2ccsc2)CCN1C. The van der Waals surface area contributed by atoms with Crippen LogP contribution in [0.1, 0.15) is 18.5 Å². The van der Waals surface area contributed by atoms with Crippen LogP contribution in [-0.2, 0) is 0 Å². The van der Waals surface area contributed by atoms with Gasteiger partial charge in [0.2, 0.25) is 0 Å². The molecular weight excluding hydrogens is 218 g/mol. The standard InChI is InChI=1S/C12H21N3S/c1-10-8-15(5-4-14(10)2)12(7-13)11-3-6-16-9-11/h3,6,9-10,12H,4-5,7-8,13H2,1-2H3. The quantitative estimate of drug-likeness (QED) is 0.865. The molecule has 2 unspecified atom stereocenters. The van der Waals surface area contributed by atoms with Crippen molar-refractivity contribution in [2.75, 3.05) is 33.2 Å². The molecular formula is C12H21N3S. The highest BCUT2D eigenvalue weighted by Crippen LogP contribution is 2.24. The number of hydrogen-bond donors (Lipinski definition) is 1. The number of rotatable bonds is 3. The first-order chi connectivity index (χ1) is 7.72. The predicted molar refractivity (Wildman–Crippen MR) is 69.8 cm³/mol. The molecule has 2 rings (SSSR count). The lowest BCUT2D eigenvalue weighted by molar-refractivity contribution is 0.0742. The van der Waals surface area contributed by atoms with Gasteiger partial charge in [0.25, 0.3) is 0 Å². The fourth-order valence-corrected chi connectivity index (χ4v) is 3.03. The second kappa shape index (κ2) is 5.27. The number of nitrogens with two attached hydrogens (primary N) is 1.